The molecule has 2 atom stereocenters. The normalized spacial score (nSPS) is 19.8. The number of hydrogen-bond donors (Lipinski definition) is 2. The minimum atomic E-state index is -0.880. The maximum atomic E-state index is 12.8. The molecule has 0 spiro atoms. The molecule has 1 aromatic heterocycles. The van der Waals surface area contributed by atoms with Crippen LogP contribution in [-0.2, 0) is 4.79 Å². The highest BCUT2D eigenvalue weighted by molar-refractivity contribution is 6.03. The Hall–Kier alpha value is -3.09. The predicted octanol–water partition coefficient (Wildman–Crippen LogP) is 2.86. The van der Waals surface area contributed by atoms with E-state index in [4.69, 9.17) is 4.42 Å². The predicted molar refractivity (Wildman–Crippen MR) is 94.0 cm³/mol. The number of nitrogens with zero attached hydrogens (tertiary/aromatic N) is 1. The maximum absolute atomic E-state index is 12.8. The van der Waals surface area contributed by atoms with Crippen molar-refractivity contribution in [2.75, 3.05) is 11.9 Å². The van der Waals surface area contributed by atoms with E-state index in [9.17, 15) is 19.5 Å². The van der Waals surface area contributed by atoms with Gasteiger partial charge in [0.05, 0.1) is 12.2 Å². The summed E-state index contributed by atoms with van der Waals surface area (Å²) in [5.74, 6) is -1.89. The number of carboxylic acid groups (broad SMARTS) is 1. The number of furan rings is 1. The number of carbonyl (C=O) groups excluding carboxylic acids is 2. The van der Waals surface area contributed by atoms with Crippen molar-refractivity contribution in [1.82, 2.24) is 4.90 Å². The largest absolute Gasteiger partial charge is 0.481 e. The van der Waals surface area contributed by atoms with Gasteiger partial charge in [0.15, 0.2) is 5.76 Å². The molecule has 7 nitrogen and oxygen atoms in total. The average molecular weight is 356 g/mol. The van der Waals surface area contributed by atoms with E-state index in [1.165, 1.54) is 6.26 Å². The lowest BCUT2D eigenvalue weighted by Gasteiger charge is -2.36. The van der Waals surface area contributed by atoms with Crippen LogP contribution in [0.25, 0.3) is 0 Å². The standard InChI is InChI=1S/C19H20N2O5/c1-12-7-8-14(19(24)25)11-21(12)18(23)13-4-2-5-15(10-13)20-17(22)16-6-3-9-26-16/h2-6,9-10,12,14H,7-8,11H2,1H3,(H,20,22)(H,24,25). The van der Waals surface area contributed by atoms with Gasteiger partial charge in [0.2, 0.25) is 0 Å². The minimum absolute atomic E-state index is 0.0283. The van der Waals surface area contributed by atoms with Crippen LogP contribution in [0, 0.1) is 5.92 Å². The zero-order valence-corrected chi connectivity index (χ0v) is 14.3. The smallest absolute Gasteiger partial charge is 0.308 e. The first-order valence-corrected chi connectivity index (χ1v) is 8.44. The number of likely N-dealkylation sites (tertiary alicyclic amines) is 1. The zero-order chi connectivity index (χ0) is 18.7. The molecule has 0 bridgehead atoms. The molecule has 1 saturated heterocycles. The fraction of sp³-hybridized carbons (Fsp3) is 0.316. The third-order valence-corrected chi connectivity index (χ3v) is 4.60. The highest BCUT2D eigenvalue weighted by Crippen LogP contribution is 2.24. The molecule has 0 radical (unpaired) electrons. The number of anilines is 1. The number of carbonyl (C=O) groups is 3. The van der Waals surface area contributed by atoms with Crippen LogP contribution in [-0.4, -0.2) is 40.4 Å². The van der Waals surface area contributed by atoms with Crippen LogP contribution in [0.3, 0.4) is 0 Å². The number of benzene rings is 1. The first-order valence-electron chi connectivity index (χ1n) is 8.44. The first-order chi connectivity index (χ1) is 12.5. The average Bonchev–Trinajstić information content (AvgIpc) is 3.16. The molecule has 0 aliphatic carbocycles. The minimum Gasteiger partial charge on any atom is -0.481 e. The fourth-order valence-corrected chi connectivity index (χ4v) is 3.09. The summed E-state index contributed by atoms with van der Waals surface area (Å²) in [6.45, 7) is 2.11. The van der Waals surface area contributed by atoms with Gasteiger partial charge in [-0.1, -0.05) is 6.07 Å². The first kappa shape index (κ1) is 17.7. The summed E-state index contributed by atoms with van der Waals surface area (Å²) < 4.78 is 5.05. The summed E-state index contributed by atoms with van der Waals surface area (Å²) in [5, 5.41) is 11.9. The molecule has 2 aromatic rings. The SMILES string of the molecule is CC1CCC(C(=O)O)CN1C(=O)c1cccc(NC(=O)c2ccco2)c1. The second kappa shape index (κ2) is 7.43. The molecule has 3 rings (SSSR count). The summed E-state index contributed by atoms with van der Waals surface area (Å²) in [6.07, 6.45) is 2.63. The van der Waals surface area contributed by atoms with Crippen LogP contribution in [0.5, 0.6) is 0 Å². The Morgan fingerprint density at radius 1 is 1.19 bits per heavy atom. The maximum Gasteiger partial charge on any atom is 0.308 e. The summed E-state index contributed by atoms with van der Waals surface area (Å²) in [4.78, 5) is 37.8. The van der Waals surface area contributed by atoms with Crippen molar-refractivity contribution in [3.05, 3.63) is 54.0 Å². The highest BCUT2D eigenvalue weighted by Gasteiger charge is 2.33. The van der Waals surface area contributed by atoms with Gasteiger partial charge in [0.1, 0.15) is 0 Å². The van der Waals surface area contributed by atoms with Crippen LogP contribution < -0.4 is 5.32 Å². The molecule has 0 saturated carbocycles. The number of piperidine rings is 1. The van der Waals surface area contributed by atoms with Gasteiger partial charge in [-0.05, 0) is 50.1 Å². The molecule has 1 aliphatic heterocycles. The molecule has 2 unspecified atom stereocenters. The molecule has 136 valence electrons. The number of nitrogens with one attached hydrogen (secondary N) is 1. The highest BCUT2D eigenvalue weighted by atomic mass is 16.4. The molecule has 2 N–H and O–H groups in total. The van der Waals surface area contributed by atoms with Crippen LogP contribution in [0.2, 0.25) is 0 Å². The molecule has 2 amide bonds. The number of carboxylic acids is 1. The molecule has 2 heterocycles. The van der Waals surface area contributed by atoms with Gasteiger partial charge in [-0.25, -0.2) is 0 Å². The number of hydrogen-bond acceptors (Lipinski definition) is 4. The summed E-state index contributed by atoms with van der Waals surface area (Å²) in [5.41, 5.74) is 0.872. The molecule has 7 heteroatoms. The van der Waals surface area contributed by atoms with Gasteiger partial charge in [0, 0.05) is 23.8 Å². The van der Waals surface area contributed by atoms with Crippen molar-refractivity contribution in [2.45, 2.75) is 25.8 Å². The number of rotatable bonds is 4. The molecule has 1 aromatic carbocycles. The Morgan fingerprint density at radius 2 is 2.00 bits per heavy atom. The second-order valence-corrected chi connectivity index (χ2v) is 6.43. The molecular formula is C19H20N2O5. The van der Waals surface area contributed by atoms with E-state index in [1.54, 1.807) is 41.3 Å². The van der Waals surface area contributed by atoms with E-state index in [0.29, 0.717) is 24.1 Å². The Labute approximate surface area is 150 Å². The quantitative estimate of drug-likeness (QED) is 0.877. The second-order valence-electron chi connectivity index (χ2n) is 6.43. The fourth-order valence-electron chi connectivity index (χ4n) is 3.09. The van der Waals surface area contributed by atoms with E-state index in [2.05, 4.69) is 5.32 Å². The summed E-state index contributed by atoms with van der Waals surface area (Å²) in [6, 6.07) is 9.73. The van der Waals surface area contributed by atoms with Crippen LogP contribution in [0.15, 0.2) is 47.1 Å². The molecular weight excluding hydrogens is 336 g/mol. The molecule has 1 fully saturated rings. The lowest BCUT2D eigenvalue weighted by Crippen LogP contribution is -2.47. The van der Waals surface area contributed by atoms with E-state index < -0.39 is 17.8 Å². The Morgan fingerprint density at radius 3 is 2.69 bits per heavy atom. The van der Waals surface area contributed by atoms with E-state index in [-0.39, 0.29) is 24.3 Å². The van der Waals surface area contributed by atoms with Gasteiger partial charge < -0.3 is 19.7 Å². The van der Waals surface area contributed by atoms with E-state index in [0.717, 1.165) is 0 Å². The number of amides is 2. The van der Waals surface area contributed by atoms with Gasteiger partial charge >= 0.3 is 5.97 Å². The van der Waals surface area contributed by atoms with Gasteiger partial charge in [-0.15, -0.1) is 0 Å². The van der Waals surface area contributed by atoms with Crippen molar-refractivity contribution >= 4 is 23.5 Å². The van der Waals surface area contributed by atoms with Crippen molar-refractivity contribution in [1.29, 1.82) is 0 Å². The van der Waals surface area contributed by atoms with Crippen molar-refractivity contribution in [3.63, 3.8) is 0 Å². The summed E-state index contributed by atoms with van der Waals surface area (Å²) >= 11 is 0. The monoisotopic (exact) mass is 356 g/mol. The van der Waals surface area contributed by atoms with Crippen LogP contribution in [0.1, 0.15) is 40.7 Å². The molecule has 26 heavy (non-hydrogen) atoms. The lowest BCUT2D eigenvalue weighted by atomic mass is 9.93. The lowest BCUT2D eigenvalue weighted by molar-refractivity contribution is -0.143. The Kier molecular flexibility index (Phi) is 5.06. The number of aliphatic carboxylic acids is 1. The van der Waals surface area contributed by atoms with Crippen LogP contribution in [0.4, 0.5) is 5.69 Å². The van der Waals surface area contributed by atoms with Crippen molar-refractivity contribution < 1.29 is 23.9 Å². The Bertz CT molecular complexity index is 815. The topological polar surface area (TPSA) is 99.9 Å². The van der Waals surface area contributed by atoms with Crippen molar-refractivity contribution in [2.24, 2.45) is 5.92 Å². The van der Waals surface area contributed by atoms with Gasteiger partial charge in [-0.2, -0.15) is 0 Å². The summed E-state index contributed by atoms with van der Waals surface area (Å²) in [7, 11) is 0. The van der Waals surface area contributed by atoms with Gasteiger partial charge in [-0.3, -0.25) is 14.4 Å². The zero-order valence-electron chi connectivity index (χ0n) is 14.3. The molecule has 1 aliphatic rings. The van der Waals surface area contributed by atoms with Crippen LogP contribution >= 0.6 is 0 Å². The van der Waals surface area contributed by atoms with Crippen molar-refractivity contribution in [3.8, 4) is 0 Å². The Balaban J connectivity index is 1.75. The third kappa shape index (κ3) is 3.77. The van der Waals surface area contributed by atoms with E-state index >= 15 is 0 Å². The van der Waals surface area contributed by atoms with E-state index in [1.807, 2.05) is 6.92 Å². The third-order valence-electron chi connectivity index (χ3n) is 4.60. The van der Waals surface area contributed by atoms with Gasteiger partial charge in [0.25, 0.3) is 11.8 Å².